The molecule has 0 aliphatic heterocycles. The largest absolute Gasteiger partial charge is 0.233 e. The van der Waals surface area contributed by atoms with Crippen LogP contribution in [0.3, 0.4) is 0 Å². The summed E-state index contributed by atoms with van der Waals surface area (Å²) >= 11 is 0. The molecule has 4 aromatic rings. The van der Waals surface area contributed by atoms with E-state index in [1.807, 2.05) is 6.07 Å². The molecule has 0 aliphatic rings. The third kappa shape index (κ3) is 2.46. The molecule has 0 spiro atoms. The summed E-state index contributed by atoms with van der Waals surface area (Å²) in [6, 6.07) is 23.2. The summed E-state index contributed by atoms with van der Waals surface area (Å²) in [5.74, 6) is 1.19. The molecule has 0 atom stereocenters. The Balaban J connectivity index is 2.11. The van der Waals surface area contributed by atoms with Gasteiger partial charge in [0.05, 0.1) is 11.2 Å². The van der Waals surface area contributed by atoms with Crippen molar-refractivity contribution < 1.29 is 0 Å². The van der Waals surface area contributed by atoms with E-state index in [-0.39, 0.29) is 0 Å². The maximum absolute atomic E-state index is 4.87. The van der Waals surface area contributed by atoms with Crippen LogP contribution in [0.2, 0.25) is 0 Å². The minimum absolute atomic E-state index is 0.299. The van der Waals surface area contributed by atoms with Crippen LogP contribution in [-0.2, 0) is 0 Å². The van der Waals surface area contributed by atoms with E-state index >= 15 is 0 Å². The monoisotopic (exact) mass is 298 g/mol. The van der Waals surface area contributed by atoms with Crippen molar-refractivity contribution in [3.8, 4) is 11.3 Å². The molecule has 0 saturated heterocycles. The highest BCUT2D eigenvalue weighted by atomic mass is 14.9. The van der Waals surface area contributed by atoms with Crippen molar-refractivity contribution in [2.45, 2.75) is 19.8 Å². The van der Waals surface area contributed by atoms with Gasteiger partial charge in [0.2, 0.25) is 0 Å². The summed E-state index contributed by atoms with van der Waals surface area (Å²) in [5, 5.41) is 3.55. The van der Waals surface area contributed by atoms with Crippen LogP contribution >= 0.6 is 0 Å². The van der Waals surface area contributed by atoms with Crippen molar-refractivity contribution in [3.05, 3.63) is 72.6 Å². The predicted molar refractivity (Wildman–Crippen MR) is 96.6 cm³/mol. The third-order valence-corrected chi connectivity index (χ3v) is 4.14. The molecular weight excluding hydrogens is 280 g/mol. The number of aromatic nitrogens is 2. The van der Waals surface area contributed by atoms with Gasteiger partial charge in [-0.15, -0.1) is 0 Å². The van der Waals surface area contributed by atoms with Crippen LogP contribution in [-0.4, -0.2) is 9.97 Å². The smallest absolute Gasteiger partial charge is 0.132 e. The van der Waals surface area contributed by atoms with Crippen LogP contribution < -0.4 is 0 Å². The van der Waals surface area contributed by atoms with Crippen molar-refractivity contribution in [3.63, 3.8) is 0 Å². The van der Waals surface area contributed by atoms with Gasteiger partial charge in [-0.2, -0.15) is 0 Å². The Hall–Kier alpha value is -2.74. The lowest BCUT2D eigenvalue weighted by atomic mass is 10.0. The second-order valence-electron chi connectivity index (χ2n) is 6.17. The van der Waals surface area contributed by atoms with Crippen LogP contribution in [0.1, 0.15) is 25.6 Å². The summed E-state index contributed by atoms with van der Waals surface area (Å²) in [5.41, 5.74) is 3.17. The Morgan fingerprint density at radius 3 is 2.09 bits per heavy atom. The number of benzene rings is 3. The van der Waals surface area contributed by atoms with Crippen molar-refractivity contribution in [2.24, 2.45) is 0 Å². The first-order valence-electron chi connectivity index (χ1n) is 7.98. The molecule has 3 aromatic carbocycles. The van der Waals surface area contributed by atoms with Crippen molar-refractivity contribution in [1.82, 2.24) is 9.97 Å². The van der Waals surface area contributed by atoms with Crippen LogP contribution in [0.5, 0.6) is 0 Å². The molecule has 1 heterocycles. The van der Waals surface area contributed by atoms with Crippen LogP contribution in [0.25, 0.3) is 32.9 Å². The molecule has 0 bridgehead atoms. The lowest BCUT2D eigenvalue weighted by Gasteiger charge is -2.12. The fraction of sp³-hybridized carbons (Fsp3) is 0.143. The van der Waals surface area contributed by atoms with Crippen molar-refractivity contribution in [1.29, 1.82) is 0 Å². The average molecular weight is 298 g/mol. The van der Waals surface area contributed by atoms with Gasteiger partial charge in [0.25, 0.3) is 0 Å². The molecule has 0 radical (unpaired) electrons. The third-order valence-electron chi connectivity index (χ3n) is 4.14. The molecule has 2 nitrogen and oxygen atoms in total. The topological polar surface area (TPSA) is 25.8 Å². The van der Waals surface area contributed by atoms with E-state index in [9.17, 15) is 0 Å². The van der Waals surface area contributed by atoms with Gasteiger partial charge >= 0.3 is 0 Å². The zero-order chi connectivity index (χ0) is 15.8. The van der Waals surface area contributed by atoms with E-state index < -0.39 is 0 Å². The summed E-state index contributed by atoms with van der Waals surface area (Å²) < 4.78 is 0. The molecule has 0 saturated carbocycles. The molecular formula is C21H18N2. The van der Waals surface area contributed by atoms with Gasteiger partial charge in [-0.05, 0) is 22.9 Å². The standard InChI is InChI=1S/C21H18N2/c1-14(2)21-22-19-13-17-11-7-6-10-16(17)12-18(19)20(23-21)15-8-4-3-5-9-15/h3-14H,1-2H3. The molecule has 0 amide bonds. The first kappa shape index (κ1) is 13.9. The Labute approximate surface area is 135 Å². The lowest BCUT2D eigenvalue weighted by molar-refractivity contribution is 0.785. The highest BCUT2D eigenvalue weighted by Crippen LogP contribution is 2.30. The first-order chi connectivity index (χ1) is 11.2. The minimum atomic E-state index is 0.299. The minimum Gasteiger partial charge on any atom is -0.233 e. The summed E-state index contributed by atoms with van der Waals surface area (Å²) in [6.45, 7) is 4.27. The normalized spacial score (nSPS) is 11.4. The fourth-order valence-corrected chi connectivity index (χ4v) is 2.91. The fourth-order valence-electron chi connectivity index (χ4n) is 2.91. The number of nitrogens with zero attached hydrogens (tertiary/aromatic N) is 2. The van der Waals surface area contributed by atoms with E-state index in [4.69, 9.17) is 9.97 Å². The molecule has 0 fully saturated rings. The SMILES string of the molecule is CC(C)c1nc(-c2ccccc2)c2cc3ccccc3cc2n1. The average Bonchev–Trinajstić information content (AvgIpc) is 2.59. The summed E-state index contributed by atoms with van der Waals surface area (Å²) in [7, 11) is 0. The van der Waals surface area contributed by atoms with Gasteiger partial charge in [-0.1, -0.05) is 68.4 Å². The van der Waals surface area contributed by atoms with E-state index in [1.54, 1.807) is 0 Å². The van der Waals surface area contributed by atoms with Crippen molar-refractivity contribution >= 4 is 21.7 Å². The van der Waals surface area contributed by atoms with E-state index in [2.05, 4.69) is 74.5 Å². The Morgan fingerprint density at radius 1 is 0.739 bits per heavy atom. The zero-order valence-electron chi connectivity index (χ0n) is 13.3. The highest BCUT2D eigenvalue weighted by molar-refractivity contribution is 6.02. The lowest BCUT2D eigenvalue weighted by Crippen LogP contribution is -2.00. The molecule has 0 aliphatic carbocycles. The number of fused-ring (bicyclic) bond motifs is 2. The number of hydrogen-bond acceptors (Lipinski definition) is 2. The van der Waals surface area contributed by atoms with Gasteiger partial charge in [0.15, 0.2) is 0 Å². The second kappa shape index (κ2) is 5.47. The molecule has 0 N–H and O–H groups in total. The van der Waals surface area contributed by atoms with Gasteiger partial charge in [0, 0.05) is 16.9 Å². The Kier molecular flexibility index (Phi) is 3.30. The summed E-state index contributed by atoms with van der Waals surface area (Å²) in [4.78, 5) is 9.67. The molecule has 2 heteroatoms. The van der Waals surface area contributed by atoms with Crippen LogP contribution in [0.15, 0.2) is 66.7 Å². The maximum atomic E-state index is 4.87. The van der Waals surface area contributed by atoms with Crippen LogP contribution in [0.4, 0.5) is 0 Å². The number of hydrogen-bond donors (Lipinski definition) is 0. The maximum Gasteiger partial charge on any atom is 0.132 e. The van der Waals surface area contributed by atoms with E-state index in [1.165, 1.54) is 10.8 Å². The van der Waals surface area contributed by atoms with Gasteiger partial charge in [-0.3, -0.25) is 0 Å². The van der Waals surface area contributed by atoms with Crippen molar-refractivity contribution in [2.75, 3.05) is 0 Å². The van der Waals surface area contributed by atoms with Gasteiger partial charge in [-0.25, -0.2) is 9.97 Å². The summed E-state index contributed by atoms with van der Waals surface area (Å²) in [6.07, 6.45) is 0. The predicted octanol–water partition coefficient (Wildman–Crippen LogP) is 5.57. The van der Waals surface area contributed by atoms with Gasteiger partial charge < -0.3 is 0 Å². The highest BCUT2D eigenvalue weighted by Gasteiger charge is 2.12. The number of rotatable bonds is 2. The Morgan fingerprint density at radius 2 is 1.39 bits per heavy atom. The van der Waals surface area contributed by atoms with Crippen LogP contribution in [0, 0.1) is 0 Å². The van der Waals surface area contributed by atoms with Gasteiger partial charge in [0.1, 0.15) is 5.82 Å². The molecule has 4 rings (SSSR count). The second-order valence-corrected chi connectivity index (χ2v) is 6.17. The molecule has 1 aromatic heterocycles. The molecule has 0 unspecified atom stereocenters. The quantitative estimate of drug-likeness (QED) is 0.452. The Bertz CT molecular complexity index is 988. The van der Waals surface area contributed by atoms with E-state index in [0.29, 0.717) is 5.92 Å². The molecule has 23 heavy (non-hydrogen) atoms. The zero-order valence-corrected chi connectivity index (χ0v) is 13.3. The molecule has 112 valence electrons. The first-order valence-corrected chi connectivity index (χ1v) is 7.98. The van der Waals surface area contributed by atoms with E-state index in [0.717, 1.165) is 28.0 Å².